The predicted octanol–water partition coefficient (Wildman–Crippen LogP) is 3.14. The molecule has 5 heteroatoms. The number of carbonyl (C=O) groups excluding carboxylic acids is 1. The molecule has 1 aromatic carbocycles. The zero-order valence-corrected chi connectivity index (χ0v) is 9.00. The summed E-state index contributed by atoms with van der Waals surface area (Å²) in [4.78, 5) is 16.2. The van der Waals surface area contributed by atoms with Crippen molar-refractivity contribution >= 4 is 17.3 Å². The van der Waals surface area contributed by atoms with Gasteiger partial charge in [-0.3, -0.25) is 4.79 Å². The first kappa shape index (κ1) is 10.5. The lowest BCUT2D eigenvalue weighted by Crippen LogP contribution is -2.30. The molecule has 1 unspecified atom stereocenters. The Morgan fingerprint density at radius 2 is 2.38 bits per heavy atom. The molecule has 82 valence electrons. The normalized spacial score (nSPS) is 19.7. The zero-order chi connectivity index (χ0) is 11.5. The highest BCUT2D eigenvalue weighted by Gasteiger charge is 2.28. The average Bonchev–Trinajstić information content (AvgIpc) is 2.59. The van der Waals surface area contributed by atoms with Crippen molar-refractivity contribution in [2.24, 2.45) is 5.11 Å². The van der Waals surface area contributed by atoms with E-state index in [4.69, 9.17) is 5.53 Å². The number of azide groups is 1. The van der Waals surface area contributed by atoms with E-state index in [1.807, 2.05) is 13.0 Å². The Labute approximate surface area is 93.3 Å². The van der Waals surface area contributed by atoms with Gasteiger partial charge in [-0.1, -0.05) is 17.2 Å². The Morgan fingerprint density at radius 3 is 3.00 bits per heavy atom. The van der Waals surface area contributed by atoms with Gasteiger partial charge in [-0.15, -0.1) is 0 Å². The summed E-state index contributed by atoms with van der Waals surface area (Å²) in [5, 5.41) is 3.53. The summed E-state index contributed by atoms with van der Waals surface area (Å²) in [6, 6.07) is 7.32. The van der Waals surface area contributed by atoms with Crippen molar-refractivity contribution < 1.29 is 4.79 Å². The number of hydrogen-bond donors (Lipinski definition) is 0. The summed E-state index contributed by atoms with van der Waals surface area (Å²) in [5.41, 5.74) is 9.70. The van der Waals surface area contributed by atoms with Crippen molar-refractivity contribution in [3.05, 3.63) is 34.7 Å². The van der Waals surface area contributed by atoms with Gasteiger partial charge in [0.1, 0.15) is 0 Å². The van der Waals surface area contributed by atoms with Crippen molar-refractivity contribution in [3.63, 3.8) is 0 Å². The topological polar surface area (TPSA) is 69.1 Å². The zero-order valence-electron chi connectivity index (χ0n) is 9.00. The van der Waals surface area contributed by atoms with E-state index in [0.29, 0.717) is 12.1 Å². The molecule has 1 aliphatic heterocycles. The minimum Gasteiger partial charge on any atom is -0.310 e. The van der Waals surface area contributed by atoms with Gasteiger partial charge in [0, 0.05) is 28.7 Å². The van der Waals surface area contributed by atoms with Crippen LogP contribution in [0.2, 0.25) is 0 Å². The third-order valence-corrected chi connectivity index (χ3v) is 2.75. The lowest BCUT2D eigenvalue weighted by atomic mass is 10.2. The number of benzene rings is 1. The molecule has 0 radical (unpaired) electrons. The van der Waals surface area contributed by atoms with E-state index in [1.165, 1.54) is 0 Å². The summed E-state index contributed by atoms with van der Waals surface area (Å²) >= 11 is 0. The lowest BCUT2D eigenvalue weighted by Gasteiger charge is -2.21. The Bertz CT molecular complexity index is 465. The van der Waals surface area contributed by atoms with E-state index in [-0.39, 0.29) is 11.9 Å². The van der Waals surface area contributed by atoms with E-state index in [9.17, 15) is 4.79 Å². The van der Waals surface area contributed by atoms with Crippen LogP contribution >= 0.6 is 0 Å². The number of carbonyl (C=O) groups is 1. The van der Waals surface area contributed by atoms with Crippen molar-refractivity contribution in [2.45, 2.75) is 25.8 Å². The number of amides is 1. The van der Waals surface area contributed by atoms with Gasteiger partial charge in [0.05, 0.1) is 0 Å². The van der Waals surface area contributed by atoms with Crippen molar-refractivity contribution in [3.8, 4) is 0 Å². The van der Waals surface area contributed by atoms with Gasteiger partial charge in [-0.05, 0) is 31.0 Å². The molecule has 0 aliphatic carbocycles. The van der Waals surface area contributed by atoms with Gasteiger partial charge in [-0.2, -0.15) is 0 Å². The third kappa shape index (κ3) is 1.85. The Kier molecular flexibility index (Phi) is 2.79. The standard InChI is InChI=1S/C11H12N4O/c1-8-5-6-11(16)15(8)10-4-2-3-9(7-10)13-14-12/h2-4,7-8H,5-6H2,1H3. The van der Waals surface area contributed by atoms with Crippen LogP contribution in [0.1, 0.15) is 19.8 Å². The minimum atomic E-state index is 0.130. The molecule has 0 N–H and O–H groups in total. The van der Waals surface area contributed by atoms with Crippen LogP contribution in [0.15, 0.2) is 29.4 Å². The average molecular weight is 216 g/mol. The van der Waals surface area contributed by atoms with Crippen LogP contribution in [0.3, 0.4) is 0 Å². The number of nitrogens with zero attached hydrogens (tertiary/aromatic N) is 4. The predicted molar refractivity (Wildman–Crippen MR) is 61.4 cm³/mol. The summed E-state index contributed by atoms with van der Waals surface area (Å²) < 4.78 is 0. The Morgan fingerprint density at radius 1 is 1.56 bits per heavy atom. The quantitative estimate of drug-likeness (QED) is 0.425. The first-order valence-electron chi connectivity index (χ1n) is 5.19. The van der Waals surface area contributed by atoms with E-state index >= 15 is 0 Å². The number of hydrogen-bond acceptors (Lipinski definition) is 2. The molecule has 1 aliphatic rings. The summed E-state index contributed by atoms with van der Waals surface area (Å²) in [6.45, 7) is 2.02. The Hall–Kier alpha value is -2.00. The maximum Gasteiger partial charge on any atom is 0.227 e. The van der Waals surface area contributed by atoms with Gasteiger partial charge in [-0.25, -0.2) is 0 Å². The first-order chi connectivity index (χ1) is 7.72. The molecule has 0 saturated carbocycles. The molecule has 1 aromatic rings. The molecule has 5 nitrogen and oxygen atoms in total. The fraction of sp³-hybridized carbons (Fsp3) is 0.364. The van der Waals surface area contributed by atoms with Crippen LogP contribution < -0.4 is 4.90 Å². The second-order valence-corrected chi connectivity index (χ2v) is 3.86. The van der Waals surface area contributed by atoms with Gasteiger partial charge in [0.25, 0.3) is 0 Å². The molecule has 0 spiro atoms. The van der Waals surface area contributed by atoms with Crippen LogP contribution in [-0.2, 0) is 4.79 Å². The van der Waals surface area contributed by atoms with Gasteiger partial charge in [0.2, 0.25) is 5.91 Å². The molecule has 0 bridgehead atoms. The molecule has 1 amide bonds. The second kappa shape index (κ2) is 4.24. The molecular formula is C11H12N4O. The molecule has 1 heterocycles. The molecule has 0 aromatic heterocycles. The second-order valence-electron chi connectivity index (χ2n) is 3.86. The van der Waals surface area contributed by atoms with Gasteiger partial charge < -0.3 is 4.90 Å². The van der Waals surface area contributed by atoms with Crippen LogP contribution in [0.25, 0.3) is 10.4 Å². The highest BCUT2D eigenvalue weighted by Crippen LogP contribution is 2.29. The van der Waals surface area contributed by atoms with Crippen LogP contribution in [-0.4, -0.2) is 11.9 Å². The van der Waals surface area contributed by atoms with E-state index < -0.39 is 0 Å². The van der Waals surface area contributed by atoms with E-state index in [0.717, 1.165) is 12.1 Å². The van der Waals surface area contributed by atoms with Crippen molar-refractivity contribution in [1.82, 2.24) is 0 Å². The lowest BCUT2D eigenvalue weighted by molar-refractivity contribution is -0.117. The highest BCUT2D eigenvalue weighted by atomic mass is 16.2. The molecule has 1 saturated heterocycles. The molecule has 1 atom stereocenters. The van der Waals surface area contributed by atoms with E-state index in [1.54, 1.807) is 23.1 Å². The number of rotatable bonds is 2. The maximum atomic E-state index is 11.7. The monoisotopic (exact) mass is 216 g/mol. The molecular weight excluding hydrogens is 204 g/mol. The van der Waals surface area contributed by atoms with Crippen LogP contribution in [0.4, 0.5) is 11.4 Å². The first-order valence-corrected chi connectivity index (χ1v) is 5.19. The maximum absolute atomic E-state index is 11.7. The molecule has 2 rings (SSSR count). The molecule has 1 fully saturated rings. The molecule has 16 heavy (non-hydrogen) atoms. The van der Waals surface area contributed by atoms with Crippen molar-refractivity contribution in [1.29, 1.82) is 0 Å². The Balaban J connectivity index is 2.36. The third-order valence-electron chi connectivity index (χ3n) is 2.75. The summed E-state index contributed by atoms with van der Waals surface area (Å²) in [5.74, 6) is 0.130. The van der Waals surface area contributed by atoms with Gasteiger partial charge in [0.15, 0.2) is 0 Å². The van der Waals surface area contributed by atoms with Crippen molar-refractivity contribution in [2.75, 3.05) is 4.90 Å². The van der Waals surface area contributed by atoms with Crippen LogP contribution in [0.5, 0.6) is 0 Å². The number of anilines is 1. The van der Waals surface area contributed by atoms with Crippen LogP contribution in [0, 0.1) is 0 Å². The highest BCUT2D eigenvalue weighted by molar-refractivity contribution is 5.96. The minimum absolute atomic E-state index is 0.130. The summed E-state index contributed by atoms with van der Waals surface area (Å²) in [6.07, 6.45) is 1.47. The smallest absolute Gasteiger partial charge is 0.227 e. The van der Waals surface area contributed by atoms with Gasteiger partial charge >= 0.3 is 0 Å². The SMILES string of the molecule is CC1CCC(=O)N1c1cccc(N=[N+]=[N-])c1. The van der Waals surface area contributed by atoms with E-state index in [2.05, 4.69) is 10.0 Å². The fourth-order valence-electron chi connectivity index (χ4n) is 1.98. The summed E-state index contributed by atoms with van der Waals surface area (Å²) in [7, 11) is 0. The largest absolute Gasteiger partial charge is 0.310 e. The fourth-order valence-corrected chi connectivity index (χ4v) is 1.98.